The third-order valence-electron chi connectivity index (χ3n) is 5.14. The number of benzene rings is 1. The van der Waals surface area contributed by atoms with Gasteiger partial charge in [-0.3, -0.25) is 4.79 Å². The minimum absolute atomic E-state index is 0.334. The fourth-order valence-corrected chi connectivity index (χ4v) is 3.87. The van der Waals surface area contributed by atoms with Crippen molar-refractivity contribution in [2.45, 2.75) is 58.0 Å². The van der Waals surface area contributed by atoms with Crippen molar-refractivity contribution < 1.29 is 4.79 Å². The van der Waals surface area contributed by atoms with Gasteiger partial charge in [0.25, 0.3) is 0 Å². The minimum Gasteiger partial charge on any atom is -0.338 e. The summed E-state index contributed by atoms with van der Waals surface area (Å²) in [7, 11) is 0. The number of hydrogen-bond donors (Lipinski definition) is 0. The molecule has 1 aromatic rings. The van der Waals surface area contributed by atoms with E-state index in [2.05, 4.69) is 41.0 Å². The Morgan fingerprint density at radius 1 is 1.09 bits per heavy atom. The van der Waals surface area contributed by atoms with Crippen molar-refractivity contribution in [3.8, 4) is 0 Å². The monoisotopic (exact) mass is 300 g/mol. The first kappa shape index (κ1) is 15.5. The van der Waals surface area contributed by atoms with Gasteiger partial charge in [-0.2, -0.15) is 0 Å². The molecule has 3 heteroatoms. The molecule has 2 saturated heterocycles. The fourth-order valence-electron chi connectivity index (χ4n) is 3.87. The highest BCUT2D eigenvalue weighted by molar-refractivity contribution is 5.76. The van der Waals surface area contributed by atoms with Crippen LogP contribution in [-0.4, -0.2) is 41.4 Å². The highest BCUT2D eigenvalue weighted by Gasteiger charge is 2.27. The second-order valence-electron chi connectivity index (χ2n) is 6.88. The average molecular weight is 300 g/mol. The molecule has 0 saturated carbocycles. The van der Waals surface area contributed by atoms with Crippen LogP contribution in [-0.2, 0) is 11.3 Å². The molecule has 0 aliphatic carbocycles. The van der Waals surface area contributed by atoms with Crippen molar-refractivity contribution in [2.24, 2.45) is 0 Å². The van der Waals surface area contributed by atoms with E-state index in [1.165, 1.54) is 43.5 Å². The first-order chi connectivity index (χ1) is 10.7. The molecule has 3 nitrogen and oxygen atoms in total. The van der Waals surface area contributed by atoms with Gasteiger partial charge in [0.2, 0.25) is 5.91 Å². The Bertz CT molecular complexity index is 508. The Balaban J connectivity index is 1.60. The number of likely N-dealkylation sites (tertiary alicyclic amines) is 2. The summed E-state index contributed by atoms with van der Waals surface area (Å²) in [5, 5.41) is 0. The highest BCUT2D eigenvalue weighted by atomic mass is 16.2. The number of carbonyl (C=O) groups is 1. The normalized spacial score (nSPS) is 24.3. The van der Waals surface area contributed by atoms with E-state index in [9.17, 15) is 4.79 Å². The summed E-state index contributed by atoms with van der Waals surface area (Å²) < 4.78 is 0. The lowest BCUT2D eigenvalue weighted by molar-refractivity contribution is -0.131. The van der Waals surface area contributed by atoms with Crippen LogP contribution in [0.5, 0.6) is 0 Å². The van der Waals surface area contributed by atoms with E-state index in [1.54, 1.807) is 0 Å². The first-order valence-electron chi connectivity index (χ1n) is 8.80. The third-order valence-corrected chi connectivity index (χ3v) is 5.14. The van der Waals surface area contributed by atoms with E-state index in [4.69, 9.17) is 0 Å². The second-order valence-corrected chi connectivity index (χ2v) is 6.88. The van der Waals surface area contributed by atoms with Crippen LogP contribution in [0.1, 0.15) is 49.7 Å². The summed E-state index contributed by atoms with van der Waals surface area (Å²) >= 11 is 0. The molecule has 1 atom stereocenters. The van der Waals surface area contributed by atoms with Crippen LogP contribution in [0.3, 0.4) is 0 Å². The molecule has 0 aromatic heterocycles. The summed E-state index contributed by atoms with van der Waals surface area (Å²) in [5.74, 6) is 0.334. The Kier molecular flexibility index (Phi) is 5.14. The van der Waals surface area contributed by atoms with Gasteiger partial charge in [-0.1, -0.05) is 36.2 Å². The van der Waals surface area contributed by atoms with Crippen molar-refractivity contribution in [3.63, 3.8) is 0 Å². The number of rotatable bonds is 3. The van der Waals surface area contributed by atoms with Gasteiger partial charge in [-0.05, 0) is 51.3 Å². The third kappa shape index (κ3) is 3.89. The molecular formula is C19H28N2O. The second kappa shape index (κ2) is 7.28. The van der Waals surface area contributed by atoms with Gasteiger partial charge in [0, 0.05) is 25.6 Å². The number of aryl methyl sites for hydroxylation is 1. The lowest BCUT2D eigenvalue weighted by Gasteiger charge is -2.34. The van der Waals surface area contributed by atoms with Gasteiger partial charge >= 0.3 is 0 Å². The van der Waals surface area contributed by atoms with Gasteiger partial charge in [-0.15, -0.1) is 0 Å². The molecular weight excluding hydrogens is 272 g/mol. The molecule has 3 rings (SSSR count). The van der Waals surface area contributed by atoms with Gasteiger partial charge in [0.05, 0.1) is 0 Å². The summed E-state index contributed by atoms with van der Waals surface area (Å²) in [6.07, 6.45) is 6.93. The molecule has 2 aliphatic rings. The van der Waals surface area contributed by atoms with Crippen LogP contribution in [0, 0.1) is 6.92 Å². The molecule has 0 bridgehead atoms. The topological polar surface area (TPSA) is 23.6 Å². The Labute approximate surface area is 134 Å². The smallest absolute Gasteiger partial charge is 0.222 e. The summed E-state index contributed by atoms with van der Waals surface area (Å²) in [6.45, 7) is 6.26. The number of hydrogen-bond acceptors (Lipinski definition) is 2. The standard InChI is InChI=1S/C19H28N2O/c1-16-6-5-7-17(14-16)15-21-13-10-18(8-9-19(21)22)20-11-3-2-4-12-20/h5-7,14,18H,2-4,8-13,15H2,1H3. The molecule has 2 heterocycles. The van der Waals surface area contributed by atoms with Gasteiger partial charge in [0.15, 0.2) is 0 Å². The quantitative estimate of drug-likeness (QED) is 0.854. The van der Waals surface area contributed by atoms with Gasteiger partial charge < -0.3 is 9.80 Å². The molecule has 1 amide bonds. The number of carbonyl (C=O) groups excluding carboxylic acids is 1. The average Bonchev–Trinajstić information content (AvgIpc) is 2.71. The zero-order valence-corrected chi connectivity index (χ0v) is 13.8. The maximum absolute atomic E-state index is 12.4. The summed E-state index contributed by atoms with van der Waals surface area (Å²) in [6, 6.07) is 9.14. The van der Waals surface area contributed by atoms with Crippen LogP contribution in [0.2, 0.25) is 0 Å². The van der Waals surface area contributed by atoms with Crippen molar-refractivity contribution in [1.29, 1.82) is 0 Å². The Morgan fingerprint density at radius 2 is 1.91 bits per heavy atom. The van der Waals surface area contributed by atoms with Crippen molar-refractivity contribution in [1.82, 2.24) is 9.80 Å². The van der Waals surface area contributed by atoms with E-state index in [0.717, 1.165) is 25.9 Å². The van der Waals surface area contributed by atoms with Crippen LogP contribution in [0.25, 0.3) is 0 Å². The van der Waals surface area contributed by atoms with Gasteiger partial charge in [-0.25, -0.2) is 0 Å². The van der Waals surface area contributed by atoms with Crippen LogP contribution in [0.15, 0.2) is 24.3 Å². The number of nitrogens with zero attached hydrogens (tertiary/aromatic N) is 2. The number of amides is 1. The zero-order chi connectivity index (χ0) is 15.4. The lowest BCUT2D eigenvalue weighted by Crippen LogP contribution is -2.39. The summed E-state index contributed by atoms with van der Waals surface area (Å²) in [4.78, 5) is 17.1. The molecule has 0 radical (unpaired) electrons. The van der Waals surface area contributed by atoms with E-state index >= 15 is 0 Å². The molecule has 2 aliphatic heterocycles. The molecule has 0 N–H and O–H groups in total. The van der Waals surface area contributed by atoms with Crippen molar-refractivity contribution in [3.05, 3.63) is 35.4 Å². The van der Waals surface area contributed by atoms with Crippen molar-refractivity contribution in [2.75, 3.05) is 19.6 Å². The van der Waals surface area contributed by atoms with E-state index < -0.39 is 0 Å². The van der Waals surface area contributed by atoms with E-state index in [-0.39, 0.29) is 0 Å². The maximum Gasteiger partial charge on any atom is 0.222 e. The highest BCUT2D eigenvalue weighted by Crippen LogP contribution is 2.22. The molecule has 0 spiro atoms. The zero-order valence-electron chi connectivity index (χ0n) is 13.8. The predicted molar refractivity (Wildman–Crippen MR) is 89.7 cm³/mol. The molecule has 22 heavy (non-hydrogen) atoms. The summed E-state index contributed by atoms with van der Waals surface area (Å²) in [5.41, 5.74) is 2.52. The Hall–Kier alpha value is -1.35. The van der Waals surface area contributed by atoms with Crippen LogP contribution < -0.4 is 0 Å². The lowest BCUT2D eigenvalue weighted by atomic mass is 10.0. The van der Waals surface area contributed by atoms with E-state index in [0.29, 0.717) is 18.4 Å². The maximum atomic E-state index is 12.4. The largest absolute Gasteiger partial charge is 0.338 e. The molecule has 1 aromatic carbocycles. The van der Waals surface area contributed by atoms with E-state index in [1.807, 2.05) is 0 Å². The van der Waals surface area contributed by atoms with Gasteiger partial charge in [0.1, 0.15) is 0 Å². The first-order valence-corrected chi connectivity index (χ1v) is 8.80. The SMILES string of the molecule is Cc1cccc(CN2CCC(N3CCCCC3)CCC2=O)c1. The van der Waals surface area contributed by atoms with Crippen molar-refractivity contribution >= 4 is 5.91 Å². The van der Waals surface area contributed by atoms with Crippen LogP contribution in [0.4, 0.5) is 0 Å². The Morgan fingerprint density at radius 3 is 2.68 bits per heavy atom. The molecule has 2 fully saturated rings. The van der Waals surface area contributed by atoms with Crippen LogP contribution >= 0.6 is 0 Å². The predicted octanol–water partition coefficient (Wildman–Crippen LogP) is 3.36. The molecule has 120 valence electrons. The minimum atomic E-state index is 0.334. The fraction of sp³-hybridized carbons (Fsp3) is 0.632. The molecule has 1 unspecified atom stereocenters. The number of piperidine rings is 1.